The van der Waals surface area contributed by atoms with Gasteiger partial charge in [0.25, 0.3) is 10.0 Å². The highest BCUT2D eigenvalue weighted by atomic mass is 32.2. The number of morpholine rings is 1. The molecule has 0 unspecified atom stereocenters. The summed E-state index contributed by atoms with van der Waals surface area (Å²) >= 11 is 0. The first-order valence-corrected chi connectivity index (χ1v) is 10.0. The Morgan fingerprint density at radius 3 is 2.38 bits per heavy atom. The second-order valence-corrected chi connectivity index (χ2v) is 7.84. The largest absolute Gasteiger partial charge is 0.384 e. The molecule has 8 nitrogen and oxygen atoms in total. The number of rotatable bonds is 7. The number of ether oxygens (including phenoxy) is 1. The molecular formula is C17H24N4O4S. The molecule has 142 valence electrons. The molecule has 1 aliphatic rings. The van der Waals surface area contributed by atoms with E-state index in [0.717, 1.165) is 45.1 Å². The zero-order valence-electron chi connectivity index (χ0n) is 15.0. The van der Waals surface area contributed by atoms with Gasteiger partial charge in [-0.25, -0.2) is 8.42 Å². The van der Waals surface area contributed by atoms with E-state index in [1.54, 1.807) is 26.0 Å². The van der Waals surface area contributed by atoms with E-state index in [2.05, 4.69) is 20.1 Å². The van der Waals surface area contributed by atoms with Crippen molar-refractivity contribution in [3.63, 3.8) is 0 Å². The number of sulfonamides is 1. The topological polar surface area (TPSA) is 96.7 Å². The van der Waals surface area contributed by atoms with E-state index in [9.17, 15) is 8.42 Å². The first-order valence-electron chi connectivity index (χ1n) is 8.55. The van der Waals surface area contributed by atoms with E-state index in [0.29, 0.717) is 11.4 Å². The van der Waals surface area contributed by atoms with E-state index in [4.69, 9.17) is 9.26 Å². The van der Waals surface area contributed by atoms with Crippen LogP contribution >= 0.6 is 0 Å². The van der Waals surface area contributed by atoms with E-state index in [-0.39, 0.29) is 10.7 Å². The van der Waals surface area contributed by atoms with Crippen LogP contribution in [-0.4, -0.2) is 57.9 Å². The van der Waals surface area contributed by atoms with Crippen molar-refractivity contribution in [2.24, 2.45) is 0 Å². The third kappa shape index (κ3) is 4.54. The van der Waals surface area contributed by atoms with Crippen LogP contribution < -0.4 is 10.0 Å². The number of anilines is 2. The summed E-state index contributed by atoms with van der Waals surface area (Å²) in [5.74, 6) is 0.274. The standard InChI is InChI=1S/C17H24N4O4S/c1-13-17(14(2)25-19-13)26(22,23)20-16-5-3-15(4-6-16)18-7-8-21-9-11-24-12-10-21/h3-6,18,20H,7-12H2,1-2H3. The fourth-order valence-electron chi connectivity index (χ4n) is 2.90. The lowest BCUT2D eigenvalue weighted by Crippen LogP contribution is -2.38. The SMILES string of the molecule is Cc1noc(C)c1S(=O)(=O)Nc1ccc(NCCN2CCOCC2)cc1. The highest BCUT2D eigenvalue weighted by Crippen LogP contribution is 2.23. The minimum atomic E-state index is -3.72. The summed E-state index contributed by atoms with van der Waals surface area (Å²) in [5.41, 5.74) is 1.78. The minimum absolute atomic E-state index is 0.0882. The maximum Gasteiger partial charge on any atom is 0.267 e. The van der Waals surface area contributed by atoms with Crippen LogP contribution in [0, 0.1) is 13.8 Å². The molecule has 0 aliphatic carbocycles. The van der Waals surface area contributed by atoms with Crippen molar-refractivity contribution in [2.45, 2.75) is 18.7 Å². The molecule has 3 rings (SSSR count). The predicted molar refractivity (Wildman–Crippen MR) is 99.0 cm³/mol. The van der Waals surface area contributed by atoms with Crippen LogP contribution in [0.2, 0.25) is 0 Å². The van der Waals surface area contributed by atoms with Crippen molar-refractivity contribution >= 4 is 21.4 Å². The molecule has 9 heteroatoms. The van der Waals surface area contributed by atoms with Crippen LogP contribution in [0.3, 0.4) is 0 Å². The molecule has 0 spiro atoms. The summed E-state index contributed by atoms with van der Waals surface area (Å²) in [5, 5.41) is 7.04. The smallest absolute Gasteiger partial charge is 0.267 e. The van der Waals surface area contributed by atoms with Gasteiger partial charge in [-0.15, -0.1) is 0 Å². The summed E-state index contributed by atoms with van der Waals surface area (Å²) in [6, 6.07) is 7.16. The number of nitrogens with zero attached hydrogens (tertiary/aromatic N) is 2. The maximum absolute atomic E-state index is 12.5. The van der Waals surface area contributed by atoms with E-state index in [1.165, 1.54) is 0 Å². The molecule has 1 aromatic carbocycles. The van der Waals surface area contributed by atoms with E-state index < -0.39 is 10.0 Å². The summed E-state index contributed by atoms with van der Waals surface area (Å²) in [6.07, 6.45) is 0. The summed E-state index contributed by atoms with van der Waals surface area (Å²) in [4.78, 5) is 2.44. The van der Waals surface area contributed by atoms with Gasteiger partial charge >= 0.3 is 0 Å². The van der Waals surface area contributed by atoms with Crippen LogP contribution in [0.15, 0.2) is 33.7 Å². The molecule has 2 aromatic rings. The van der Waals surface area contributed by atoms with Gasteiger partial charge in [0.2, 0.25) is 0 Å². The Kier molecular flexibility index (Phi) is 5.80. The second kappa shape index (κ2) is 8.07. The molecule has 0 saturated carbocycles. The number of hydrogen-bond donors (Lipinski definition) is 2. The van der Waals surface area contributed by atoms with Gasteiger partial charge < -0.3 is 14.6 Å². The van der Waals surface area contributed by atoms with Crippen LogP contribution in [0.1, 0.15) is 11.5 Å². The zero-order chi connectivity index (χ0) is 18.6. The molecular weight excluding hydrogens is 356 g/mol. The molecule has 2 heterocycles. The van der Waals surface area contributed by atoms with Crippen molar-refractivity contribution in [3.8, 4) is 0 Å². The normalized spacial score (nSPS) is 15.8. The average molecular weight is 380 g/mol. The zero-order valence-corrected chi connectivity index (χ0v) is 15.8. The number of benzene rings is 1. The van der Waals surface area contributed by atoms with Gasteiger partial charge in [-0.3, -0.25) is 9.62 Å². The Balaban J connectivity index is 1.55. The molecule has 26 heavy (non-hydrogen) atoms. The molecule has 0 radical (unpaired) electrons. The van der Waals surface area contributed by atoms with Crippen LogP contribution in [0.4, 0.5) is 11.4 Å². The fraction of sp³-hybridized carbons (Fsp3) is 0.471. The Labute approximate surface area is 153 Å². The Morgan fingerprint density at radius 2 is 1.77 bits per heavy atom. The highest BCUT2D eigenvalue weighted by Gasteiger charge is 2.24. The number of aryl methyl sites for hydroxylation is 2. The second-order valence-electron chi connectivity index (χ2n) is 6.22. The van der Waals surface area contributed by atoms with E-state index >= 15 is 0 Å². The maximum atomic E-state index is 12.5. The Bertz CT molecular complexity index is 807. The number of aromatic nitrogens is 1. The van der Waals surface area contributed by atoms with Gasteiger partial charge in [-0.05, 0) is 38.1 Å². The monoisotopic (exact) mass is 380 g/mol. The Morgan fingerprint density at radius 1 is 1.12 bits per heavy atom. The Hall–Kier alpha value is -2.10. The molecule has 0 bridgehead atoms. The molecule has 0 atom stereocenters. The van der Waals surface area contributed by atoms with Gasteiger partial charge in [0.1, 0.15) is 5.69 Å². The number of hydrogen-bond acceptors (Lipinski definition) is 7. The summed E-state index contributed by atoms with van der Waals surface area (Å²) in [6.45, 7) is 8.46. The lowest BCUT2D eigenvalue weighted by Gasteiger charge is -2.26. The molecule has 1 aromatic heterocycles. The first kappa shape index (κ1) is 18.7. The minimum Gasteiger partial charge on any atom is -0.384 e. The highest BCUT2D eigenvalue weighted by molar-refractivity contribution is 7.92. The van der Waals surface area contributed by atoms with Gasteiger partial charge in [0, 0.05) is 37.6 Å². The lowest BCUT2D eigenvalue weighted by molar-refractivity contribution is 0.0398. The fourth-order valence-corrected chi connectivity index (χ4v) is 4.29. The van der Waals surface area contributed by atoms with Crippen molar-refractivity contribution in [1.82, 2.24) is 10.1 Å². The van der Waals surface area contributed by atoms with Gasteiger partial charge in [-0.2, -0.15) is 0 Å². The molecule has 1 fully saturated rings. The molecule has 0 amide bonds. The van der Waals surface area contributed by atoms with Crippen molar-refractivity contribution < 1.29 is 17.7 Å². The predicted octanol–water partition coefficient (Wildman–Crippen LogP) is 1.84. The molecule has 1 aliphatic heterocycles. The van der Waals surface area contributed by atoms with Gasteiger partial charge in [0.05, 0.1) is 13.2 Å². The van der Waals surface area contributed by atoms with Crippen LogP contribution in [0.25, 0.3) is 0 Å². The van der Waals surface area contributed by atoms with Gasteiger partial charge in [0.15, 0.2) is 10.7 Å². The third-order valence-electron chi connectivity index (χ3n) is 4.23. The van der Waals surface area contributed by atoms with Crippen LogP contribution in [-0.2, 0) is 14.8 Å². The van der Waals surface area contributed by atoms with E-state index in [1.807, 2.05) is 12.1 Å². The van der Waals surface area contributed by atoms with Crippen molar-refractivity contribution in [1.29, 1.82) is 0 Å². The first-order chi connectivity index (χ1) is 12.5. The van der Waals surface area contributed by atoms with Gasteiger partial charge in [-0.1, -0.05) is 5.16 Å². The summed E-state index contributed by atoms with van der Waals surface area (Å²) in [7, 11) is -3.72. The average Bonchev–Trinajstić information content (AvgIpc) is 2.96. The third-order valence-corrected chi connectivity index (χ3v) is 5.86. The van der Waals surface area contributed by atoms with Crippen LogP contribution in [0.5, 0.6) is 0 Å². The number of nitrogens with one attached hydrogen (secondary N) is 2. The molecule has 1 saturated heterocycles. The molecule has 2 N–H and O–H groups in total. The summed E-state index contributed by atoms with van der Waals surface area (Å²) < 4.78 is 37.8. The lowest BCUT2D eigenvalue weighted by atomic mass is 10.3. The van der Waals surface area contributed by atoms with Crippen molar-refractivity contribution in [2.75, 3.05) is 49.4 Å². The quantitative estimate of drug-likeness (QED) is 0.756. The van der Waals surface area contributed by atoms with Crippen molar-refractivity contribution in [3.05, 3.63) is 35.7 Å².